The van der Waals surface area contributed by atoms with Gasteiger partial charge in [-0.2, -0.15) is 0 Å². The van der Waals surface area contributed by atoms with Gasteiger partial charge in [0.2, 0.25) is 11.8 Å². The van der Waals surface area contributed by atoms with Crippen molar-refractivity contribution in [3.63, 3.8) is 0 Å². The summed E-state index contributed by atoms with van der Waals surface area (Å²) in [5.41, 5.74) is 0. The number of carbonyl (C=O) groups excluding carboxylic acids is 2. The molecule has 0 bridgehead atoms. The summed E-state index contributed by atoms with van der Waals surface area (Å²) in [6.07, 6.45) is 2.05. The summed E-state index contributed by atoms with van der Waals surface area (Å²) in [7, 11) is 3.37. The molecule has 0 heterocycles. The van der Waals surface area contributed by atoms with E-state index in [0.717, 1.165) is 12.8 Å². The first-order valence-corrected chi connectivity index (χ1v) is 5.25. The molecular weight excluding hydrogens is 194 g/mol. The zero-order chi connectivity index (χ0) is 11.7. The molecule has 0 aromatic rings. The van der Waals surface area contributed by atoms with Crippen LogP contribution < -0.4 is 10.6 Å². The van der Waals surface area contributed by atoms with Crippen LogP contribution in [-0.2, 0) is 9.59 Å². The minimum absolute atomic E-state index is 0.0311. The van der Waals surface area contributed by atoms with Crippen molar-refractivity contribution in [2.45, 2.75) is 19.8 Å². The molecule has 0 aliphatic carbocycles. The Morgan fingerprint density at radius 2 is 1.87 bits per heavy atom. The minimum atomic E-state index is -0.0602. The molecule has 0 spiro atoms. The van der Waals surface area contributed by atoms with Crippen molar-refractivity contribution in [1.29, 1.82) is 0 Å². The van der Waals surface area contributed by atoms with Crippen molar-refractivity contribution < 1.29 is 9.59 Å². The van der Waals surface area contributed by atoms with Crippen LogP contribution in [0, 0.1) is 0 Å². The summed E-state index contributed by atoms with van der Waals surface area (Å²) >= 11 is 0. The largest absolute Gasteiger partial charge is 0.355 e. The van der Waals surface area contributed by atoms with E-state index in [0.29, 0.717) is 6.54 Å². The van der Waals surface area contributed by atoms with E-state index in [1.165, 1.54) is 4.90 Å². The first-order chi connectivity index (χ1) is 7.07. The Morgan fingerprint density at radius 1 is 1.20 bits per heavy atom. The van der Waals surface area contributed by atoms with Gasteiger partial charge in [0, 0.05) is 20.6 Å². The molecule has 0 aliphatic heterocycles. The van der Waals surface area contributed by atoms with E-state index < -0.39 is 0 Å². The summed E-state index contributed by atoms with van der Waals surface area (Å²) < 4.78 is 0. The molecule has 5 nitrogen and oxygen atoms in total. The molecule has 0 rings (SSSR count). The van der Waals surface area contributed by atoms with Crippen LogP contribution in [0.15, 0.2) is 0 Å². The fourth-order valence-electron chi connectivity index (χ4n) is 0.908. The normalized spacial score (nSPS) is 9.80. The second-order valence-corrected chi connectivity index (χ2v) is 3.60. The molecule has 0 atom stereocenters. The number of hydrogen-bond acceptors (Lipinski definition) is 3. The molecule has 0 aliphatic rings. The minimum Gasteiger partial charge on any atom is -0.355 e. The molecular formula is C10H21N3O2. The smallest absolute Gasteiger partial charge is 0.236 e. The number of carbonyl (C=O) groups is 2. The quantitative estimate of drug-likeness (QED) is 0.567. The average molecular weight is 215 g/mol. The Hall–Kier alpha value is -1.10. The highest BCUT2D eigenvalue weighted by Gasteiger charge is 2.04. The number of hydrogen-bond donors (Lipinski definition) is 2. The molecule has 88 valence electrons. The van der Waals surface area contributed by atoms with Crippen LogP contribution in [0.1, 0.15) is 19.8 Å². The van der Waals surface area contributed by atoms with E-state index in [2.05, 4.69) is 17.6 Å². The predicted octanol–water partition coefficient (Wildman–Crippen LogP) is -0.419. The van der Waals surface area contributed by atoms with Gasteiger partial charge in [-0.1, -0.05) is 13.3 Å². The summed E-state index contributed by atoms with van der Waals surface area (Å²) in [4.78, 5) is 23.8. The third-order valence-electron chi connectivity index (χ3n) is 1.91. The first kappa shape index (κ1) is 13.9. The van der Waals surface area contributed by atoms with Gasteiger partial charge in [-0.05, 0) is 6.42 Å². The van der Waals surface area contributed by atoms with Gasteiger partial charge in [-0.25, -0.2) is 0 Å². The number of amides is 2. The number of unbranched alkanes of at least 4 members (excludes halogenated alkanes) is 1. The molecule has 0 saturated carbocycles. The van der Waals surface area contributed by atoms with Crippen LogP contribution in [0.25, 0.3) is 0 Å². The zero-order valence-electron chi connectivity index (χ0n) is 9.80. The van der Waals surface area contributed by atoms with Gasteiger partial charge in [0.1, 0.15) is 0 Å². The third-order valence-corrected chi connectivity index (χ3v) is 1.91. The molecule has 0 fully saturated rings. The highest BCUT2D eigenvalue weighted by Crippen LogP contribution is 1.82. The van der Waals surface area contributed by atoms with Crippen LogP contribution in [-0.4, -0.2) is 50.4 Å². The topological polar surface area (TPSA) is 61.4 Å². The van der Waals surface area contributed by atoms with Crippen LogP contribution in [0.5, 0.6) is 0 Å². The molecule has 0 saturated heterocycles. The summed E-state index contributed by atoms with van der Waals surface area (Å²) in [5.74, 6) is -0.0913. The third kappa shape index (κ3) is 7.93. The van der Waals surface area contributed by atoms with Crippen molar-refractivity contribution in [3.8, 4) is 0 Å². The maximum Gasteiger partial charge on any atom is 0.236 e. The molecule has 15 heavy (non-hydrogen) atoms. The number of nitrogens with zero attached hydrogens (tertiary/aromatic N) is 1. The Balaban J connectivity index is 3.42. The highest BCUT2D eigenvalue weighted by molar-refractivity contribution is 5.80. The van der Waals surface area contributed by atoms with Gasteiger partial charge < -0.3 is 10.2 Å². The van der Waals surface area contributed by atoms with Crippen molar-refractivity contribution in [2.75, 3.05) is 33.7 Å². The van der Waals surface area contributed by atoms with Gasteiger partial charge in [0.05, 0.1) is 13.1 Å². The molecule has 0 unspecified atom stereocenters. The molecule has 0 aromatic heterocycles. The fourth-order valence-corrected chi connectivity index (χ4v) is 0.908. The first-order valence-electron chi connectivity index (χ1n) is 5.25. The van der Waals surface area contributed by atoms with Gasteiger partial charge in [0.15, 0.2) is 0 Å². The van der Waals surface area contributed by atoms with Crippen LogP contribution in [0.2, 0.25) is 0 Å². The SMILES string of the molecule is CCCCNC(=O)CNCC(=O)N(C)C. The number of likely N-dealkylation sites (N-methyl/N-ethyl adjacent to an activating group) is 1. The van der Waals surface area contributed by atoms with Crippen molar-refractivity contribution in [1.82, 2.24) is 15.5 Å². The van der Waals surface area contributed by atoms with E-state index in [1.807, 2.05) is 0 Å². The zero-order valence-corrected chi connectivity index (χ0v) is 9.80. The summed E-state index contributed by atoms with van der Waals surface area (Å²) in [6, 6.07) is 0. The van der Waals surface area contributed by atoms with Gasteiger partial charge in [-0.3, -0.25) is 14.9 Å². The molecule has 2 amide bonds. The maximum absolute atomic E-state index is 11.2. The number of rotatable bonds is 7. The van der Waals surface area contributed by atoms with Gasteiger partial charge >= 0.3 is 0 Å². The Bertz CT molecular complexity index is 205. The predicted molar refractivity (Wildman–Crippen MR) is 59.5 cm³/mol. The lowest BCUT2D eigenvalue weighted by atomic mass is 10.3. The van der Waals surface area contributed by atoms with Crippen LogP contribution in [0.3, 0.4) is 0 Å². The van der Waals surface area contributed by atoms with Crippen molar-refractivity contribution in [3.05, 3.63) is 0 Å². The van der Waals surface area contributed by atoms with E-state index >= 15 is 0 Å². The second kappa shape index (κ2) is 8.23. The lowest BCUT2D eigenvalue weighted by Crippen LogP contribution is -2.39. The van der Waals surface area contributed by atoms with Crippen LogP contribution in [0.4, 0.5) is 0 Å². The summed E-state index contributed by atoms with van der Waals surface area (Å²) in [6.45, 7) is 3.18. The van der Waals surface area contributed by atoms with Crippen LogP contribution >= 0.6 is 0 Å². The fraction of sp³-hybridized carbons (Fsp3) is 0.800. The van der Waals surface area contributed by atoms with E-state index in [4.69, 9.17) is 0 Å². The number of nitrogens with one attached hydrogen (secondary N) is 2. The maximum atomic E-state index is 11.2. The molecule has 0 radical (unpaired) electrons. The Morgan fingerprint density at radius 3 is 2.40 bits per heavy atom. The lowest BCUT2D eigenvalue weighted by molar-refractivity contribution is -0.127. The van der Waals surface area contributed by atoms with E-state index in [-0.39, 0.29) is 24.9 Å². The molecule has 0 aromatic carbocycles. The Labute approximate surface area is 91.2 Å². The summed E-state index contributed by atoms with van der Waals surface area (Å²) in [5, 5.41) is 5.55. The Kier molecular flexibility index (Phi) is 7.62. The second-order valence-electron chi connectivity index (χ2n) is 3.60. The van der Waals surface area contributed by atoms with E-state index in [1.54, 1.807) is 14.1 Å². The van der Waals surface area contributed by atoms with Crippen molar-refractivity contribution in [2.24, 2.45) is 0 Å². The lowest BCUT2D eigenvalue weighted by Gasteiger charge is -2.10. The average Bonchev–Trinajstić information content (AvgIpc) is 2.18. The molecule has 5 heteroatoms. The van der Waals surface area contributed by atoms with E-state index in [9.17, 15) is 9.59 Å². The van der Waals surface area contributed by atoms with Crippen molar-refractivity contribution >= 4 is 11.8 Å². The standard InChI is InChI=1S/C10H21N3O2/c1-4-5-6-12-9(14)7-11-8-10(15)13(2)3/h11H,4-8H2,1-3H3,(H,12,14). The van der Waals surface area contributed by atoms with Gasteiger partial charge in [0.25, 0.3) is 0 Å². The monoisotopic (exact) mass is 215 g/mol. The van der Waals surface area contributed by atoms with Gasteiger partial charge in [-0.15, -0.1) is 0 Å². The molecule has 2 N–H and O–H groups in total. The highest BCUT2D eigenvalue weighted by atomic mass is 16.2.